The standard InChI is InChI=1S/C32H31FN2O3/c1-31(30(37)38-2)19-32(20-31)16-24(17-32)34-29(36)26-12-13-27(33)25-14-15-35(28(25)26)18-21-8-10-23(11-9-21)22-6-4-3-5-7-22/h3-15,24H,16-20H2,1-2H3,(H,34,36). The average molecular weight is 511 g/mol. The van der Waals surface area contributed by atoms with Crippen molar-refractivity contribution in [2.24, 2.45) is 10.8 Å². The van der Waals surface area contributed by atoms with Crippen molar-refractivity contribution >= 4 is 22.8 Å². The van der Waals surface area contributed by atoms with Gasteiger partial charge in [0, 0.05) is 24.2 Å². The molecule has 2 fully saturated rings. The van der Waals surface area contributed by atoms with E-state index >= 15 is 0 Å². The van der Waals surface area contributed by atoms with Gasteiger partial charge in [0.25, 0.3) is 5.91 Å². The molecule has 194 valence electrons. The van der Waals surface area contributed by atoms with Crippen LogP contribution in [0.3, 0.4) is 0 Å². The number of esters is 1. The van der Waals surface area contributed by atoms with E-state index in [0.717, 1.165) is 42.4 Å². The minimum Gasteiger partial charge on any atom is -0.469 e. The molecule has 1 heterocycles. The van der Waals surface area contributed by atoms with Crippen molar-refractivity contribution in [3.05, 3.63) is 95.9 Å². The fourth-order valence-corrected chi connectivity index (χ4v) is 6.87. The van der Waals surface area contributed by atoms with Crippen LogP contribution in [-0.4, -0.2) is 29.6 Å². The van der Waals surface area contributed by atoms with E-state index in [2.05, 4.69) is 41.7 Å². The Morgan fingerprint density at radius 1 is 0.974 bits per heavy atom. The molecule has 0 bridgehead atoms. The summed E-state index contributed by atoms with van der Waals surface area (Å²) in [6.45, 7) is 2.48. The number of ether oxygens (including phenoxy) is 1. The molecule has 0 unspecified atom stereocenters. The number of fused-ring (bicyclic) bond motifs is 1. The first-order valence-corrected chi connectivity index (χ1v) is 13.1. The number of rotatable bonds is 6. The largest absolute Gasteiger partial charge is 0.469 e. The van der Waals surface area contributed by atoms with Crippen LogP contribution in [0.2, 0.25) is 0 Å². The van der Waals surface area contributed by atoms with Crippen LogP contribution < -0.4 is 5.32 Å². The summed E-state index contributed by atoms with van der Waals surface area (Å²) >= 11 is 0. The number of methoxy groups -OCH3 is 1. The molecule has 6 rings (SSSR count). The van der Waals surface area contributed by atoms with Gasteiger partial charge in [-0.25, -0.2) is 4.39 Å². The molecule has 0 atom stereocenters. The maximum absolute atomic E-state index is 14.7. The SMILES string of the molecule is COC(=O)C1(C)CC2(CC(NC(=O)c3ccc(F)c4ccn(Cc5ccc(-c6ccccc6)cc5)c34)C2)C1. The van der Waals surface area contributed by atoms with Gasteiger partial charge < -0.3 is 14.6 Å². The molecule has 2 aliphatic rings. The highest BCUT2D eigenvalue weighted by Gasteiger charge is 2.61. The Morgan fingerprint density at radius 3 is 2.34 bits per heavy atom. The molecule has 5 nitrogen and oxygen atoms in total. The third-order valence-corrected chi connectivity index (χ3v) is 8.43. The van der Waals surface area contributed by atoms with Gasteiger partial charge in [-0.15, -0.1) is 0 Å². The van der Waals surface area contributed by atoms with Crippen LogP contribution in [0.25, 0.3) is 22.0 Å². The Labute approximate surface area is 221 Å². The van der Waals surface area contributed by atoms with Gasteiger partial charge in [-0.05, 0) is 72.9 Å². The van der Waals surface area contributed by atoms with Crippen molar-refractivity contribution in [2.75, 3.05) is 7.11 Å². The van der Waals surface area contributed by atoms with Crippen molar-refractivity contribution in [2.45, 2.75) is 45.2 Å². The lowest BCUT2D eigenvalue weighted by Gasteiger charge is -2.61. The summed E-state index contributed by atoms with van der Waals surface area (Å²) in [6, 6.07) is 23.2. The maximum atomic E-state index is 14.7. The molecule has 6 heteroatoms. The lowest BCUT2D eigenvalue weighted by atomic mass is 9.44. The monoisotopic (exact) mass is 510 g/mol. The topological polar surface area (TPSA) is 60.3 Å². The third-order valence-electron chi connectivity index (χ3n) is 8.43. The lowest BCUT2D eigenvalue weighted by Crippen LogP contribution is -2.61. The van der Waals surface area contributed by atoms with Crippen LogP contribution in [-0.2, 0) is 16.1 Å². The molecular weight excluding hydrogens is 479 g/mol. The van der Waals surface area contributed by atoms with E-state index in [9.17, 15) is 14.0 Å². The first kappa shape index (κ1) is 24.4. The fourth-order valence-electron chi connectivity index (χ4n) is 6.87. The van der Waals surface area contributed by atoms with Gasteiger partial charge in [-0.2, -0.15) is 0 Å². The number of carbonyl (C=O) groups is 2. The first-order chi connectivity index (χ1) is 18.3. The summed E-state index contributed by atoms with van der Waals surface area (Å²) in [5, 5.41) is 3.60. The number of amides is 1. The second-order valence-corrected chi connectivity index (χ2v) is 11.3. The van der Waals surface area contributed by atoms with E-state index in [4.69, 9.17) is 4.74 Å². The molecule has 2 aliphatic carbocycles. The molecule has 0 saturated heterocycles. The minimum atomic E-state index is -0.410. The molecule has 0 aliphatic heterocycles. The zero-order valence-corrected chi connectivity index (χ0v) is 21.7. The van der Waals surface area contributed by atoms with Crippen molar-refractivity contribution < 1.29 is 18.7 Å². The molecule has 2 saturated carbocycles. The second-order valence-electron chi connectivity index (χ2n) is 11.3. The molecule has 1 aromatic heterocycles. The van der Waals surface area contributed by atoms with Crippen molar-refractivity contribution in [1.82, 2.24) is 9.88 Å². The Kier molecular flexibility index (Phi) is 5.86. The van der Waals surface area contributed by atoms with Crippen molar-refractivity contribution in [3.8, 4) is 11.1 Å². The van der Waals surface area contributed by atoms with Gasteiger partial charge in [0.05, 0.1) is 23.6 Å². The van der Waals surface area contributed by atoms with Crippen molar-refractivity contribution in [1.29, 1.82) is 0 Å². The second kappa shape index (κ2) is 9.12. The van der Waals surface area contributed by atoms with Crippen LogP contribution in [0.4, 0.5) is 4.39 Å². The fraction of sp³-hybridized carbons (Fsp3) is 0.312. The third kappa shape index (κ3) is 4.18. The van der Waals surface area contributed by atoms with Crippen LogP contribution in [0.5, 0.6) is 0 Å². The van der Waals surface area contributed by atoms with Crippen LogP contribution in [0.15, 0.2) is 79.0 Å². The van der Waals surface area contributed by atoms with E-state index in [1.165, 1.54) is 13.2 Å². The summed E-state index contributed by atoms with van der Waals surface area (Å²) < 4.78 is 21.6. The summed E-state index contributed by atoms with van der Waals surface area (Å²) in [5.41, 5.74) is 4.14. The van der Waals surface area contributed by atoms with Gasteiger partial charge in [0.2, 0.25) is 0 Å². The summed E-state index contributed by atoms with van der Waals surface area (Å²) in [7, 11) is 1.43. The zero-order valence-electron chi connectivity index (χ0n) is 21.7. The zero-order chi connectivity index (χ0) is 26.5. The molecule has 1 amide bonds. The number of benzene rings is 3. The maximum Gasteiger partial charge on any atom is 0.311 e. The normalized spacial score (nSPS) is 24.0. The van der Waals surface area contributed by atoms with Crippen LogP contribution in [0.1, 0.15) is 48.5 Å². The van der Waals surface area contributed by atoms with Gasteiger partial charge >= 0.3 is 5.97 Å². The summed E-state index contributed by atoms with van der Waals surface area (Å²) in [6.07, 6.45) is 5.14. The van der Waals surface area contributed by atoms with Crippen LogP contribution in [0, 0.1) is 16.6 Å². The number of hydrogen-bond donors (Lipinski definition) is 1. The molecule has 0 radical (unpaired) electrons. The van der Waals surface area contributed by atoms with E-state index in [-0.39, 0.29) is 29.2 Å². The van der Waals surface area contributed by atoms with E-state index in [1.807, 2.05) is 35.9 Å². The minimum absolute atomic E-state index is 0.0544. The van der Waals surface area contributed by atoms with E-state index < -0.39 is 5.41 Å². The van der Waals surface area contributed by atoms with Crippen LogP contribution >= 0.6 is 0 Å². The Balaban J connectivity index is 1.17. The quantitative estimate of drug-likeness (QED) is 0.308. The molecule has 38 heavy (non-hydrogen) atoms. The Bertz CT molecular complexity index is 1510. The predicted molar refractivity (Wildman–Crippen MR) is 145 cm³/mol. The molecule has 4 aromatic rings. The van der Waals surface area contributed by atoms with E-state index in [1.54, 1.807) is 12.1 Å². The smallest absolute Gasteiger partial charge is 0.311 e. The highest BCUT2D eigenvalue weighted by Crippen LogP contribution is 2.64. The number of hydrogen-bond acceptors (Lipinski definition) is 3. The molecular formula is C32H31FN2O3. The Morgan fingerprint density at radius 2 is 1.66 bits per heavy atom. The first-order valence-electron chi connectivity index (χ1n) is 13.1. The highest BCUT2D eigenvalue weighted by molar-refractivity contribution is 6.06. The molecule has 3 aromatic carbocycles. The number of halogens is 1. The molecule has 1 N–H and O–H groups in total. The summed E-state index contributed by atoms with van der Waals surface area (Å²) in [4.78, 5) is 25.4. The van der Waals surface area contributed by atoms with Gasteiger partial charge in [-0.3, -0.25) is 9.59 Å². The van der Waals surface area contributed by atoms with Gasteiger partial charge in [-0.1, -0.05) is 54.6 Å². The van der Waals surface area contributed by atoms with Gasteiger partial charge in [0.15, 0.2) is 0 Å². The molecule has 1 spiro atoms. The van der Waals surface area contributed by atoms with E-state index in [0.29, 0.717) is 23.0 Å². The number of nitrogens with one attached hydrogen (secondary N) is 1. The average Bonchev–Trinajstić information content (AvgIpc) is 3.31. The highest BCUT2D eigenvalue weighted by atomic mass is 19.1. The van der Waals surface area contributed by atoms with Crippen molar-refractivity contribution in [3.63, 3.8) is 0 Å². The lowest BCUT2D eigenvalue weighted by molar-refractivity contribution is -0.177. The number of aromatic nitrogens is 1. The predicted octanol–water partition coefficient (Wildman–Crippen LogP) is 6.35. The van der Waals surface area contributed by atoms with Gasteiger partial charge in [0.1, 0.15) is 5.82 Å². The summed E-state index contributed by atoms with van der Waals surface area (Å²) in [5.74, 6) is -0.682. The Hall–Kier alpha value is -3.93. The number of carbonyl (C=O) groups excluding carboxylic acids is 2. The number of nitrogens with zero attached hydrogens (tertiary/aromatic N) is 1.